The van der Waals surface area contributed by atoms with Gasteiger partial charge in [-0.15, -0.1) is 11.8 Å². The molecule has 0 spiro atoms. The molecule has 1 saturated heterocycles. The third-order valence-corrected chi connectivity index (χ3v) is 7.60. The number of piperidine rings is 1. The van der Waals surface area contributed by atoms with E-state index in [-0.39, 0.29) is 28.9 Å². The number of thioether (sulfide) groups is 1. The lowest BCUT2D eigenvalue weighted by atomic mass is 9.91. The smallest absolute Gasteiger partial charge is 0.248 e. The first kappa shape index (κ1) is 19.1. The molecule has 0 bridgehead atoms. The highest BCUT2D eigenvalue weighted by atomic mass is 32.2. The van der Waals surface area contributed by atoms with Gasteiger partial charge >= 0.3 is 0 Å². The van der Waals surface area contributed by atoms with Gasteiger partial charge in [-0.05, 0) is 39.0 Å². The minimum absolute atomic E-state index is 0.00797. The van der Waals surface area contributed by atoms with Gasteiger partial charge in [0.25, 0.3) is 0 Å². The second-order valence-electron chi connectivity index (χ2n) is 6.42. The summed E-state index contributed by atoms with van der Waals surface area (Å²) in [5, 5.41) is 3.75. The van der Waals surface area contributed by atoms with Crippen molar-refractivity contribution in [2.45, 2.75) is 36.5 Å². The Morgan fingerprint density at radius 3 is 2.69 bits per heavy atom. The van der Waals surface area contributed by atoms with E-state index in [9.17, 15) is 13.2 Å². The molecule has 0 radical (unpaired) electrons. The van der Waals surface area contributed by atoms with Gasteiger partial charge < -0.3 is 4.52 Å². The van der Waals surface area contributed by atoms with Crippen molar-refractivity contribution in [2.24, 2.45) is 5.92 Å². The summed E-state index contributed by atoms with van der Waals surface area (Å²) in [6.07, 6.45) is 3.27. The maximum Gasteiger partial charge on any atom is 0.248 e. The number of Topliss-reactive ketones (excluding diaryl/α,β-unsaturated/α-hetero) is 1. The first-order valence-electron chi connectivity index (χ1n) is 8.46. The van der Waals surface area contributed by atoms with E-state index in [1.165, 1.54) is 16.1 Å². The van der Waals surface area contributed by atoms with Gasteiger partial charge in [0.1, 0.15) is 10.6 Å². The highest BCUT2D eigenvalue weighted by Gasteiger charge is 2.36. The van der Waals surface area contributed by atoms with Gasteiger partial charge in [-0.1, -0.05) is 23.4 Å². The molecule has 0 N–H and O–H groups in total. The van der Waals surface area contributed by atoms with Crippen molar-refractivity contribution in [1.82, 2.24) is 9.46 Å². The predicted octanol–water partition coefficient (Wildman–Crippen LogP) is 3.30. The lowest BCUT2D eigenvalue weighted by Crippen LogP contribution is -2.42. The molecule has 2 aromatic rings. The van der Waals surface area contributed by atoms with Crippen molar-refractivity contribution in [3.8, 4) is 0 Å². The normalized spacial score (nSPS) is 18.8. The third-order valence-electron chi connectivity index (χ3n) is 4.69. The fourth-order valence-corrected chi connectivity index (χ4v) is 5.83. The molecule has 26 heavy (non-hydrogen) atoms. The Labute approximate surface area is 158 Å². The lowest BCUT2D eigenvalue weighted by molar-refractivity contribution is 0.0869. The second kappa shape index (κ2) is 7.54. The van der Waals surface area contributed by atoms with Crippen molar-refractivity contribution >= 4 is 27.6 Å². The number of hydrogen-bond acceptors (Lipinski definition) is 6. The summed E-state index contributed by atoms with van der Waals surface area (Å²) in [5.41, 5.74) is 1.02. The molecular formula is C18H22N2O4S2. The second-order valence-corrected chi connectivity index (χ2v) is 9.14. The van der Waals surface area contributed by atoms with Gasteiger partial charge in [0.05, 0.1) is 0 Å². The van der Waals surface area contributed by atoms with Crippen molar-refractivity contribution in [2.75, 3.05) is 19.3 Å². The van der Waals surface area contributed by atoms with Gasteiger partial charge in [0.15, 0.2) is 11.5 Å². The number of ketones is 1. The average molecular weight is 395 g/mol. The highest BCUT2D eigenvalue weighted by Crippen LogP contribution is 2.30. The minimum atomic E-state index is -3.72. The summed E-state index contributed by atoms with van der Waals surface area (Å²) in [7, 11) is -3.72. The Kier molecular flexibility index (Phi) is 5.55. The number of nitrogens with zero attached hydrogens (tertiary/aromatic N) is 2. The molecule has 1 aliphatic heterocycles. The first-order chi connectivity index (χ1) is 12.4. The monoisotopic (exact) mass is 394 g/mol. The number of carbonyl (C=O) groups is 1. The summed E-state index contributed by atoms with van der Waals surface area (Å²) in [6.45, 7) is 3.80. The number of benzene rings is 1. The number of sulfonamides is 1. The molecule has 0 amide bonds. The lowest BCUT2D eigenvalue weighted by Gasteiger charge is -2.31. The fraction of sp³-hybridized carbons (Fsp3) is 0.444. The zero-order valence-corrected chi connectivity index (χ0v) is 16.7. The van der Waals surface area contributed by atoms with Crippen LogP contribution in [0.4, 0.5) is 0 Å². The molecule has 1 atom stereocenters. The molecule has 0 aliphatic carbocycles. The quantitative estimate of drug-likeness (QED) is 0.572. The van der Waals surface area contributed by atoms with Gasteiger partial charge in [-0.25, -0.2) is 8.42 Å². The molecule has 1 aliphatic rings. The van der Waals surface area contributed by atoms with Crippen LogP contribution in [0.25, 0.3) is 0 Å². The Morgan fingerprint density at radius 1 is 1.31 bits per heavy atom. The van der Waals surface area contributed by atoms with Gasteiger partial charge in [0, 0.05) is 29.5 Å². The summed E-state index contributed by atoms with van der Waals surface area (Å²) >= 11 is 1.52. The Balaban J connectivity index is 1.87. The van der Waals surface area contributed by atoms with Crippen LogP contribution in [-0.2, 0) is 10.0 Å². The predicted molar refractivity (Wildman–Crippen MR) is 100 cm³/mol. The van der Waals surface area contributed by atoms with Crippen LogP contribution in [0.1, 0.15) is 34.7 Å². The zero-order valence-electron chi connectivity index (χ0n) is 15.1. The summed E-state index contributed by atoms with van der Waals surface area (Å²) < 4.78 is 32.5. The van der Waals surface area contributed by atoms with Crippen LogP contribution in [0.5, 0.6) is 0 Å². The molecule has 2 heterocycles. The minimum Gasteiger partial charge on any atom is -0.360 e. The molecule has 8 heteroatoms. The van der Waals surface area contributed by atoms with E-state index in [2.05, 4.69) is 5.16 Å². The Hall–Kier alpha value is -1.64. The standard InChI is InChI=1S/C18H22N2O4S2/c1-12-18(13(2)24-19-12)26(22,23)20-10-6-7-14(11-20)17(21)15-8-4-5-9-16(15)25-3/h4-5,8-9,14H,6-7,10-11H2,1-3H3/t14-/m0/s1. The van der Waals surface area contributed by atoms with Crippen molar-refractivity contribution < 1.29 is 17.7 Å². The fourth-order valence-electron chi connectivity index (χ4n) is 3.41. The zero-order chi connectivity index (χ0) is 18.9. The first-order valence-corrected chi connectivity index (χ1v) is 11.1. The van der Waals surface area contributed by atoms with Crippen LogP contribution in [0.2, 0.25) is 0 Å². The molecule has 1 aromatic heterocycles. The van der Waals surface area contributed by atoms with E-state index in [0.717, 1.165) is 4.90 Å². The van der Waals surface area contributed by atoms with Crippen LogP contribution >= 0.6 is 11.8 Å². The summed E-state index contributed by atoms with van der Waals surface area (Å²) in [4.78, 5) is 14.0. The molecule has 140 valence electrons. The van der Waals surface area contributed by atoms with Crippen LogP contribution in [0, 0.1) is 19.8 Å². The average Bonchev–Trinajstić information content (AvgIpc) is 3.00. The van der Waals surface area contributed by atoms with E-state index < -0.39 is 10.0 Å². The van der Waals surface area contributed by atoms with E-state index in [1.54, 1.807) is 13.8 Å². The number of rotatable bonds is 5. The van der Waals surface area contributed by atoms with E-state index in [1.807, 2.05) is 30.5 Å². The largest absolute Gasteiger partial charge is 0.360 e. The van der Waals surface area contributed by atoms with Gasteiger partial charge in [0.2, 0.25) is 10.0 Å². The third kappa shape index (κ3) is 3.45. The molecule has 1 fully saturated rings. The summed E-state index contributed by atoms with van der Waals surface area (Å²) in [6, 6.07) is 7.47. The molecular weight excluding hydrogens is 372 g/mol. The topological polar surface area (TPSA) is 80.5 Å². The maximum atomic E-state index is 13.0. The maximum absolute atomic E-state index is 13.0. The Morgan fingerprint density at radius 2 is 2.04 bits per heavy atom. The van der Waals surface area contributed by atoms with E-state index >= 15 is 0 Å². The highest BCUT2D eigenvalue weighted by molar-refractivity contribution is 7.98. The number of aromatic nitrogens is 1. The van der Waals surface area contributed by atoms with Crippen molar-refractivity contribution in [1.29, 1.82) is 0 Å². The van der Waals surface area contributed by atoms with Crippen LogP contribution in [0.3, 0.4) is 0 Å². The van der Waals surface area contributed by atoms with Crippen LogP contribution < -0.4 is 0 Å². The molecule has 6 nitrogen and oxygen atoms in total. The SMILES string of the molecule is CSc1ccccc1C(=O)[C@H]1CCCN(S(=O)(=O)c2c(C)noc2C)C1. The number of carbonyl (C=O) groups excluding carboxylic acids is 1. The van der Waals surface area contributed by atoms with Gasteiger partial charge in [-0.2, -0.15) is 4.31 Å². The van der Waals surface area contributed by atoms with E-state index in [4.69, 9.17) is 4.52 Å². The number of aryl methyl sites for hydroxylation is 2. The molecule has 0 unspecified atom stereocenters. The van der Waals surface area contributed by atoms with Gasteiger partial charge in [-0.3, -0.25) is 4.79 Å². The van der Waals surface area contributed by atoms with Crippen LogP contribution in [-0.4, -0.2) is 43.0 Å². The van der Waals surface area contributed by atoms with Crippen molar-refractivity contribution in [3.05, 3.63) is 41.3 Å². The molecule has 1 aromatic carbocycles. The summed E-state index contributed by atoms with van der Waals surface area (Å²) in [5.74, 6) is -0.0513. The molecule has 0 saturated carbocycles. The number of hydrogen-bond donors (Lipinski definition) is 0. The Bertz CT molecular complexity index is 902. The van der Waals surface area contributed by atoms with E-state index in [0.29, 0.717) is 30.6 Å². The molecule has 3 rings (SSSR count). The van der Waals surface area contributed by atoms with Crippen molar-refractivity contribution in [3.63, 3.8) is 0 Å². The van der Waals surface area contributed by atoms with Crippen LogP contribution in [0.15, 0.2) is 38.6 Å².